The van der Waals surface area contributed by atoms with E-state index in [4.69, 9.17) is 0 Å². The molecule has 86 valence electrons. The lowest BCUT2D eigenvalue weighted by molar-refractivity contribution is 0.315. The average Bonchev–Trinajstić information content (AvgIpc) is 2.37. The van der Waals surface area contributed by atoms with Gasteiger partial charge in [0.25, 0.3) is 0 Å². The highest BCUT2D eigenvalue weighted by atomic mass is 14.4. The smallest absolute Gasteiger partial charge is 0.0123 e. The molecule has 0 fully saturated rings. The molecule has 0 spiro atoms. The third kappa shape index (κ3) is 2.37. The van der Waals surface area contributed by atoms with Crippen molar-refractivity contribution < 1.29 is 0 Å². The van der Waals surface area contributed by atoms with Gasteiger partial charge in [-0.05, 0) is 36.5 Å². The molecule has 0 heteroatoms. The van der Waals surface area contributed by atoms with Gasteiger partial charge in [-0.3, -0.25) is 0 Å². The molecule has 2 unspecified atom stereocenters. The molecular formula is C16H22. The predicted molar refractivity (Wildman–Crippen MR) is 71.2 cm³/mol. The van der Waals surface area contributed by atoms with Gasteiger partial charge in [0.05, 0.1) is 0 Å². The van der Waals surface area contributed by atoms with Crippen LogP contribution in [0.3, 0.4) is 0 Å². The summed E-state index contributed by atoms with van der Waals surface area (Å²) in [6.07, 6.45) is 17.2. The first-order chi connectivity index (χ1) is 7.62. The molecule has 2 rings (SSSR count). The fourth-order valence-corrected chi connectivity index (χ4v) is 2.99. The van der Waals surface area contributed by atoms with Gasteiger partial charge in [0, 0.05) is 0 Å². The van der Waals surface area contributed by atoms with Crippen molar-refractivity contribution in [2.24, 2.45) is 17.3 Å². The van der Waals surface area contributed by atoms with Crippen LogP contribution in [0.5, 0.6) is 0 Å². The molecule has 2 atom stereocenters. The van der Waals surface area contributed by atoms with Crippen molar-refractivity contribution in [1.29, 1.82) is 0 Å². The van der Waals surface area contributed by atoms with Crippen LogP contribution in [0, 0.1) is 17.3 Å². The highest BCUT2D eigenvalue weighted by Gasteiger charge is 2.31. The zero-order chi connectivity index (χ0) is 11.6. The van der Waals surface area contributed by atoms with Crippen LogP contribution in [0.2, 0.25) is 0 Å². The summed E-state index contributed by atoms with van der Waals surface area (Å²) in [5.41, 5.74) is 1.91. The van der Waals surface area contributed by atoms with E-state index >= 15 is 0 Å². The van der Waals surface area contributed by atoms with Gasteiger partial charge in [0.15, 0.2) is 0 Å². The van der Waals surface area contributed by atoms with Gasteiger partial charge in [0.2, 0.25) is 0 Å². The van der Waals surface area contributed by atoms with Gasteiger partial charge in [-0.15, -0.1) is 0 Å². The van der Waals surface area contributed by atoms with Crippen molar-refractivity contribution in [1.82, 2.24) is 0 Å². The summed E-state index contributed by atoms with van der Waals surface area (Å²) < 4.78 is 0. The Labute approximate surface area is 99.4 Å². The van der Waals surface area contributed by atoms with Gasteiger partial charge < -0.3 is 0 Å². The third-order valence-electron chi connectivity index (χ3n) is 3.79. The first kappa shape index (κ1) is 11.4. The second-order valence-electron chi connectivity index (χ2n) is 5.71. The summed E-state index contributed by atoms with van der Waals surface area (Å²) in [4.78, 5) is 0. The lowest BCUT2D eigenvalue weighted by atomic mass is 9.72. The molecule has 0 aromatic carbocycles. The van der Waals surface area contributed by atoms with Gasteiger partial charge in [-0.2, -0.15) is 0 Å². The Bertz CT molecular complexity index is 352. The van der Waals surface area contributed by atoms with Gasteiger partial charge >= 0.3 is 0 Å². The maximum Gasteiger partial charge on any atom is -0.0123 e. The minimum Gasteiger partial charge on any atom is -0.0991 e. The Morgan fingerprint density at radius 2 is 2.19 bits per heavy atom. The van der Waals surface area contributed by atoms with Crippen LogP contribution < -0.4 is 0 Å². The van der Waals surface area contributed by atoms with Crippen LogP contribution in [-0.2, 0) is 0 Å². The molecule has 0 radical (unpaired) electrons. The first-order valence-electron chi connectivity index (χ1n) is 6.28. The minimum atomic E-state index is 0.338. The normalized spacial score (nSPS) is 34.5. The lowest BCUT2D eigenvalue weighted by Gasteiger charge is -2.33. The maximum atomic E-state index is 3.84. The zero-order valence-corrected chi connectivity index (χ0v) is 10.4. The van der Waals surface area contributed by atoms with Gasteiger partial charge in [-0.25, -0.2) is 0 Å². The molecule has 0 amide bonds. The highest BCUT2D eigenvalue weighted by Crippen LogP contribution is 2.43. The SMILES string of the molecule is C=C/C=C1\CC=CC2CC=CC(C)(C)CC12. The fourth-order valence-electron chi connectivity index (χ4n) is 2.99. The standard InChI is InChI=1S/C16H22/c1-4-7-13-8-5-9-14-10-6-11-16(2,3)12-15(13)14/h4-7,9,11,14-15H,1,8,10,12H2,2-3H3/b13-7+. The Morgan fingerprint density at radius 1 is 1.38 bits per heavy atom. The van der Waals surface area contributed by atoms with Crippen LogP contribution in [-0.4, -0.2) is 0 Å². The minimum absolute atomic E-state index is 0.338. The average molecular weight is 214 g/mol. The summed E-state index contributed by atoms with van der Waals surface area (Å²) in [5.74, 6) is 1.42. The fraction of sp³-hybridized carbons (Fsp3) is 0.500. The summed E-state index contributed by atoms with van der Waals surface area (Å²) in [6.45, 7) is 8.52. The highest BCUT2D eigenvalue weighted by molar-refractivity contribution is 5.25. The number of hydrogen-bond acceptors (Lipinski definition) is 0. The third-order valence-corrected chi connectivity index (χ3v) is 3.79. The molecule has 0 saturated heterocycles. The van der Waals surface area contributed by atoms with E-state index < -0.39 is 0 Å². The van der Waals surface area contributed by atoms with Crippen LogP contribution in [0.15, 0.2) is 48.6 Å². The van der Waals surface area contributed by atoms with Crippen molar-refractivity contribution in [3.63, 3.8) is 0 Å². The molecule has 0 nitrogen and oxygen atoms in total. The van der Waals surface area contributed by atoms with Gasteiger partial charge in [0.1, 0.15) is 0 Å². The number of hydrogen-bond donors (Lipinski definition) is 0. The monoisotopic (exact) mass is 214 g/mol. The number of rotatable bonds is 1. The molecule has 0 saturated carbocycles. The molecule has 0 N–H and O–H groups in total. The van der Waals surface area contributed by atoms with Crippen molar-refractivity contribution >= 4 is 0 Å². The Balaban J connectivity index is 2.29. The molecule has 0 aliphatic heterocycles. The quantitative estimate of drug-likeness (QED) is 0.556. The van der Waals surface area contributed by atoms with Crippen LogP contribution in [0.25, 0.3) is 0 Å². The van der Waals surface area contributed by atoms with Crippen LogP contribution in [0.1, 0.15) is 33.1 Å². The first-order valence-corrected chi connectivity index (χ1v) is 6.28. The van der Waals surface area contributed by atoms with E-state index in [0.717, 1.165) is 6.42 Å². The summed E-state index contributed by atoms with van der Waals surface area (Å²) in [5, 5.41) is 0. The lowest BCUT2D eigenvalue weighted by Crippen LogP contribution is -2.22. The van der Waals surface area contributed by atoms with Crippen molar-refractivity contribution in [3.05, 3.63) is 48.6 Å². The van der Waals surface area contributed by atoms with Crippen LogP contribution >= 0.6 is 0 Å². The van der Waals surface area contributed by atoms with E-state index in [1.165, 1.54) is 12.8 Å². The van der Waals surface area contributed by atoms with Crippen molar-refractivity contribution in [3.8, 4) is 0 Å². The summed E-state index contributed by atoms with van der Waals surface area (Å²) in [7, 11) is 0. The summed E-state index contributed by atoms with van der Waals surface area (Å²) >= 11 is 0. The largest absolute Gasteiger partial charge is 0.0991 e. The molecule has 2 aliphatic carbocycles. The van der Waals surface area contributed by atoms with E-state index in [1.807, 2.05) is 6.08 Å². The molecule has 2 aliphatic rings. The Hall–Kier alpha value is -1.04. The molecule has 0 heterocycles. The molecule has 0 aromatic rings. The molecular weight excluding hydrogens is 192 g/mol. The van der Waals surface area contributed by atoms with E-state index in [0.29, 0.717) is 17.3 Å². The topological polar surface area (TPSA) is 0 Å². The molecule has 16 heavy (non-hydrogen) atoms. The van der Waals surface area contributed by atoms with E-state index in [1.54, 1.807) is 5.57 Å². The zero-order valence-electron chi connectivity index (χ0n) is 10.4. The maximum absolute atomic E-state index is 3.84. The van der Waals surface area contributed by atoms with Crippen molar-refractivity contribution in [2.75, 3.05) is 0 Å². The predicted octanol–water partition coefficient (Wildman–Crippen LogP) is 4.67. The van der Waals surface area contributed by atoms with Crippen molar-refractivity contribution in [2.45, 2.75) is 33.1 Å². The summed E-state index contributed by atoms with van der Waals surface area (Å²) in [6, 6.07) is 0. The Morgan fingerprint density at radius 3 is 2.94 bits per heavy atom. The number of allylic oxidation sites excluding steroid dienone is 7. The number of fused-ring (bicyclic) bond motifs is 1. The Kier molecular flexibility index (Phi) is 3.18. The van der Waals surface area contributed by atoms with E-state index in [2.05, 4.69) is 50.8 Å². The van der Waals surface area contributed by atoms with Crippen LogP contribution in [0.4, 0.5) is 0 Å². The van der Waals surface area contributed by atoms with E-state index in [9.17, 15) is 0 Å². The second-order valence-corrected chi connectivity index (χ2v) is 5.71. The van der Waals surface area contributed by atoms with E-state index in [-0.39, 0.29) is 0 Å². The second kappa shape index (κ2) is 4.45. The van der Waals surface area contributed by atoms with Gasteiger partial charge in [-0.1, -0.05) is 62.5 Å². The molecule has 0 aromatic heterocycles. The molecule has 0 bridgehead atoms.